The largest absolute Gasteiger partial charge is 0.490 e. The van der Waals surface area contributed by atoms with Crippen molar-refractivity contribution in [3.63, 3.8) is 0 Å². The first-order valence-electron chi connectivity index (χ1n) is 29.8. The summed E-state index contributed by atoms with van der Waals surface area (Å²) in [6, 6.07) is 95.4. The fourth-order valence-electron chi connectivity index (χ4n) is 13.6. The van der Waals surface area contributed by atoms with E-state index < -0.39 is 10.8 Å². The van der Waals surface area contributed by atoms with Crippen LogP contribution in [-0.4, -0.2) is 13.2 Å². The number of rotatable bonds is 17. The van der Waals surface area contributed by atoms with Gasteiger partial charge in [0, 0.05) is 22.7 Å². The molecule has 0 heterocycles. The van der Waals surface area contributed by atoms with Crippen molar-refractivity contribution >= 4 is 34.1 Å². The first-order chi connectivity index (χ1) is 43.2. The van der Waals surface area contributed by atoms with Crippen LogP contribution in [0, 0.1) is 25.5 Å². The van der Waals surface area contributed by atoms with Crippen LogP contribution < -0.4 is 19.3 Å². The van der Waals surface area contributed by atoms with Gasteiger partial charge in [-0.15, -0.1) is 0 Å². The van der Waals surface area contributed by atoms with Gasteiger partial charge in [0.1, 0.15) is 36.3 Å². The average molecular weight is 1150 g/mol. The highest BCUT2D eigenvalue weighted by Crippen LogP contribution is 2.59. The maximum atomic E-state index is 16.6. The van der Waals surface area contributed by atoms with Crippen LogP contribution >= 0.6 is 0 Å². The van der Waals surface area contributed by atoms with E-state index in [9.17, 15) is 0 Å². The second-order valence-electron chi connectivity index (χ2n) is 22.7. The third-order valence-electron chi connectivity index (χ3n) is 17.6. The van der Waals surface area contributed by atoms with E-state index in [4.69, 9.17) is 9.47 Å². The lowest BCUT2D eigenvalue weighted by atomic mass is 9.67. The molecule has 2 aliphatic rings. The summed E-state index contributed by atoms with van der Waals surface area (Å²) in [6.07, 6.45) is 3.50. The summed E-state index contributed by atoms with van der Waals surface area (Å²) < 4.78 is 45.1. The SMILES string of the molecule is C=CCOc1ccc(C2(c3ccc(C)cc3)c3ccccc3-c3ccc(N(c4ccc(-c5ccc(N(c6ccc7c(c6)C(c6ccc(C)cc6)(c6ccc(OCC=C)cc6)c6ccccc6-7)c6ccccc6F)cc5)cc4)c4ccccc4F)cc32)cc1. The number of halogens is 2. The molecule has 0 N–H and O–H groups in total. The van der Waals surface area contributed by atoms with Crippen LogP contribution in [0.2, 0.25) is 0 Å². The quantitative estimate of drug-likeness (QED) is 0.0849. The second-order valence-corrected chi connectivity index (χ2v) is 22.7. The number of hydrogen-bond acceptors (Lipinski definition) is 4. The van der Waals surface area contributed by atoms with Gasteiger partial charge < -0.3 is 19.3 Å². The fraction of sp³-hybridized carbons (Fsp3) is 0.0732. The molecular weight excluding hydrogens is 1080 g/mol. The molecule has 0 radical (unpaired) electrons. The van der Waals surface area contributed by atoms with E-state index in [1.54, 1.807) is 24.3 Å². The second kappa shape index (κ2) is 22.9. The van der Waals surface area contributed by atoms with Crippen LogP contribution in [0.4, 0.5) is 42.9 Å². The summed E-state index contributed by atoms with van der Waals surface area (Å²) in [6.45, 7) is 12.7. The van der Waals surface area contributed by atoms with Gasteiger partial charge in [-0.2, -0.15) is 0 Å². The van der Waals surface area contributed by atoms with Gasteiger partial charge in [-0.25, -0.2) is 8.78 Å². The van der Waals surface area contributed by atoms with E-state index in [2.05, 4.69) is 233 Å². The summed E-state index contributed by atoms with van der Waals surface area (Å²) in [5.74, 6) is 0.829. The summed E-state index contributed by atoms with van der Waals surface area (Å²) in [5.41, 5.74) is 20.3. The summed E-state index contributed by atoms with van der Waals surface area (Å²) in [7, 11) is 0. The Labute approximate surface area is 513 Å². The molecule has 0 aliphatic heterocycles. The minimum atomic E-state index is -0.724. The Hall–Kier alpha value is -10.8. The topological polar surface area (TPSA) is 24.9 Å². The van der Waals surface area contributed by atoms with Crippen LogP contribution in [0.5, 0.6) is 11.5 Å². The number of nitrogens with zero attached hydrogens (tertiary/aromatic N) is 2. The van der Waals surface area contributed by atoms with Crippen molar-refractivity contribution in [2.75, 3.05) is 23.0 Å². The molecule has 88 heavy (non-hydrogen) atoms. The van der Waals surface area contributed by atoms with Crippen molar-refractivity contribution < 1.29 is 18.3 Å². The molecule has 12 aromatic carbocycles. The van der Waals surface area contributed by atoms with Gasteiger partial charge in [0.05, 0.1) is 22.2 Å². The molecule has 2 aliphatic carbocycles. The molecule has 6 heteroatoms. The third kappa shape index (κ3) is 9.28. The highest BCUT2D eigenvalue weighted by molar-refractivity contribution is 5.92. The Bertz CT molecular complexity index is 4280. The Balaban J connectivity index is 0.855. The van der Waals surface area contributed by atoms with E-state index in [0.29, 0.717) is 24.6 Å². The summed E-state index contributed by atoms with van der Waals surface area (Å²) in [5, 5.41) is 0. The van der Waals surface area contributed by atoms with Crippen molar-refractivity contribution in [2.45, 2.75) is 24.7 Å². The van der Waals surface area contributed by atoms with Crippen molar-refractivity contribution in [1.29, 1.82) is 0 Å². The van der Waals surface area contributed by atoms with Crippen LogP contribution in [0.15, 0.2) is 304 Å². The maximum Gasteiger partial charge on any atom is 0.147 e. The Morgan fingerprint density at radius 1 is 0.341 bits per heavy atom. The lowest BCUT2D eigenvalue weighted by molar-refractivity contribution is 0.363. The monoisotopic (exact) mass is 1140 g/mol. The lowest BCUT2D eigenvalue weighted by Gasteiger charge is -2.35. The molecule has 0 bridgehead atoms. The number of anilines is 6. The van der Waals surface area contributed by atoms with E-state index >= 15 is 8.78 Å². The molecule has 0 saturated heterocycles. The molecule has 0 saturated carbocycles. The molecule has 426 valence electrons. The number of benzene rings is 12. The molecule has 14 rings (SSSR count). The molecular formula is C82H62F2N2O2. The van der Waals surface area contributed by atoms with Gasteiger partial charge in [-0.3, -0.25) is 0 Å². The summed E-state index contributed by atoms with van der Waals surface area (Å²) >= 11 is 0. The molecule has 2 unspecified atom stereocenters. The smallest absolute Gasteiger partial charge is 0.147 e. The van der Waals surface area contributed by atoms with Crippen molar-refractivity contribution in [2.24, 2.45) is 0 Å². The first-order valence-corrected chi connectivity index (χ1v) is 29.8. The fourth-order valence-corrected chi connectivity index (χ4v) is 13.6. The minimum absolute atomic E-state index is 0.345. The highest BCUT2D eigenvalue weighted by Gasteiger charge is 2.48. The molecule has 0 fully saturated rings. The molecule has 0 spiro atoms. The van der Waals surface area contributed by atoms with Crippen LogP contribution in [0.3, 0.4) is 0 Å². The van der Waals surface area contributed by atoms with Gasteiger partial charge in [-0.05, 0) is 189 Å². The van der Waals surface area contributed by atoms with Crippen molar-refractivity contribution in [3.8, 4) is 44.9 Å². The number of aryl methyl sites for hydroxylation is 2. The van der Waals surface area contributed by atoms with Crippen molar-refractivity contribution in [1.82, 2.24) is 0 Å². The van der Waals surface area contributed by atoms with E-state index in [1.807, 2.05) is 58.3 Å². The van der Waals surface area contributed by atoms with E-state index in [-0.39, 0.29) is 11.6 Å². The Morgan fingerprint density at radius 2 is 0.659 bits per heavy atom. The predicted molar refractivity (Wildman–Crippen MR) is 357 cm³/mol. The zero-order chi connectivity index (χ0) is 59.9. The zero-order valence-corrected chi connectivity index (χ0v) is 49.0. The first kappa shape index (κ1) is 55.1. The van der Waals surface area contributed by atoms with E-state index in [0.717, 1.165) is 101 Å². The van der Waals surface area contributed by atoms with Crippen LogP contribution in [0.1, 0.15) is 55.6 Å². The Kier molecular flexibility index (Phi) is 14.3. The Morgan fingerprint density at radius 3 is 1.02 bits per heavy atom. The van der Waals surface area contributed by atoms with Crippen LogP contribution in [0.25, 0.3) is 33.4 Å². The zero-order valence-electron chi connectivity index (χ0n) is 49.0. The molecule has 2 atom stereocenters. The van der Waals surface area contributed by atoms with Gasteiger partial charge in [0.15, 0.2) is 0 Å². The molecule has 4 nitrogen and oxygen atoms in total. The molecule has 0 aromatic heterocycles. The average Bonchev–Trinajstić information content (AvgIpc) is 1.63. The van der Waals surface area contributed by atoms with Gasteiger partial charge in [0.2, 0.25) is 0 Å². The van der Waals surface area contributed by atoms with Gasteiger partial charge >= 0.3 is 0 Å². The number of ether oxygens (including phenoxy) is 2. The third-order valence-corrected chi connectivity index (χ3v) is 17.6. The van der Waals surface area contributed by atoms with Gasteiger partial charge in [0.25, 0.3) is 0 Å². The predicted octanol–water partition coefficient (Wildman–Crippen LogP) is 21.0. The highest BCUT2D eigenvalue weighted by atomic mass is 19.1. The van der Waals surface area contributed by atoms with Crippen LogP contribution in [-0.2, 0) is 10.8 Å². The van der Waals surface area contributed by atoms with E-state index in [1.165, 1.54) is 34.4 Å². The maximum absolute atomic E-state index is 16.6. The standard InChI is InChI=1S/C82H62F2N2O2/c1-5-51-87-67-45-35-61(36-46-67)81(59-31-23-55(3)24-32-59)73-17-9-7-15-69(73)71-49-43-65(53-75(71)81)85(79-21-13-11-19-77(79)83)63-39-27-57(28-40-63)58-29-41-64(42-30-58)86(80-22-14-12-20-78(80)84)66-44-50-72-70-16-8-10-18-74(70)82(76(72)54-66,60-33-25-56(4)26-34-60)62-37-47-68(48-38-62)88-52-6-2/h5-50,53-54H,1-2,51-52H2,3-4H3. The number of para-hydroxylation sites is 2. The van der Waals surface area contributed by atoms with Crippen molar-refractivity contribution in [3.05, 3.63) is 372 Å². The molecule has 12 aromatic rings. The summed E-state index contributed by atoms with van der Waals surface area (Å²) in [4.78, 5) is 4.03. The van der Waals surface area contributed by atoms with Gasteiger partial charge in [-0.1, -0.05) is 218 Å². The number of fused-ring (bicyclic) bond motifs is 6. The minimum Gasteiger partial charge on any atom is -0.490 e. The number of hydrogen-bond donors (Lipinski definition) is 0. The lowest BCUT2D eigenvalue weighted by Crippen LogP contribution is -2.29. The normalized spacial score (nSPS) is 15.1. The molecule has 0 amide bonds.